The van der Waals surface area contributed by atoms with Crippen LogP contribution in [0.25, 0.3) is 0 Å². The van der Waals surface area contributed by atoms with Crippen LogP contribution in [0.1, 0.15) is 11.1 Å². The van der Waals surface area contributed by atoms with Crippen molar-refractivity contribution in [3.05, 3.63) is 59.7 Å². The van der Waals surface area contributed by atoms with E-state index in [4.69, 9.17) is 9.47 Å². The van der Waals surface area contributed by atoms with Crippen molar-refractivity contribution in [2.45, 2.75) is 13.1 Å². The van der Waals surface area contributed by atoms with Gasteiger partial charge >= 0.3 is 11.8 Å². The third kappa shape index (κ3) is 5.01. The number of hydrogen-bond donors (Lipinski definition) is 2. The lowest BCUT2D eigenvalue weighted by Gasteiger charge is -2.08. The number of benzene rings is 2. The minimum Gasteiger partial charge on any atom is -0.497 e. The van der Waals surface area contributed by atoms with Crippen LogP contribution < -0.4 is 20.1 Å². The number of ether oxygens (including phenoxy) is 2. The summed E-state index contributed by atoms with van der Waals surface area (Å²) < 4.78 is 10.1. The second-order valence-corrected chi connectivity index (χ2v) is 5.06. The van der Waals surface area contributed by atoms with E-state index in [9.17, 15) is 9.59 Å². The Morgan fingerprint density at radius 3 is 1.33 bits per heavy atom. The monoisotopic (exact) mass is 328 g/mol. The molecule has 0 bridgehead atoms. The maximum Gasteiger partial charge on any atom is 0.309 e. The van der Waals surface area contributed by atoms with Crippen molar-refractivity contribution in [3.63, 3.8) is 0 Å². The molecule has 6 nitrogen and oxygen atoms in total. The lowest BCUT2D eigenvalue weighted by atomic mass is 10.2. The Hall–Kier alpha value is -3.02. The fourth-order valence-electron chi connectivity index (χ4n) is 2.01. The predicted octanol–water partition coefficient (Wildman–Crippen LogP) is 1.64. The molecule has 6 heteroatoms. The number of hydrogen-bond acceptors (Lipinski definition) is 4. The number of rotatable bonds is 6. The fraction of sp³-hybridized carbons (Fsp3) is 0.222. The first-order valence-corrected chi connectivity index (χ1v) is 7.44. The topological polar surface area (TPSA) is 76.7 Å². The van der Waals surface area contributed by atoms with Crippen LogP contribution in [0.4, 0.5) is 0 Å². The number of methoxy groups -OCH3 is 2. The van der Waals surface area contributed by atoms with Gasteiger partial charge in [-0.1, -0.05) is 24.3 Å². The van der Waals surface area contributed by atoms with E-state index in [-0.39, 0.29) is 13.1 Å². The zero-order valence-corrected chi connectivity index (χ0v) is 13.7. The van der Waals surface area contributed by atoms with Crippen molar-refractivity contribution >= 4 is 11.8 Å². The Kier molecular flexibility index (Phi) is 6.19. The van der Waals surface area contributed by atoms with Crippen molar-refractivity contribution in [2.75, 3.05) is 14.2 Å². The van der Waals surface area contributed by atoms with Gasteiger partial charge in [0.25, 0.3) is 0 Å². The summed E-state index contributed by atoms with van der Waals surface area (Å²) in [6.07, 6.45) is 0. The molecule has 0 aromatic heterocycles. The normalized spacial score (nSPS) is 9.92. The largest absolute Gasteiger partial charge is 0.497 e. The molecule has 126 valence electrons. The van der Waals surface area contributed by atoms with E-state index in [1.54, 1.807) is 38.5 Å². The summed E-state index contributed by atoms with van der Waals surface area (Å²) in [5, 5.41) is 5.16. The molecule has 0 aliphatic heterocycles. The first-order chi connectivity index (χ1) is 11.6. The van der Waals surface area contributed by atoms with E-state index in [0.29, 0.717) is 0 Å². The minimum atomic E-state index is -0.667. The third-order valence-corrected chi connectivity index (χ3v) is 3.43. The van der Waals surface area contributed by atoms with Gasteiger partial charge < -0.3 is 20.1 Å². The summed E-state index contributed by atoms with van der Waals surface area (Å²) in [5.74, 6) is 0.142. The van der Waals surface area contributed by atoms with E-state index in [1.165, 1.54) is 0 Å². The van der Waals surface area contributed by atoms with E-state index in [0.717, 1.165) is 22.6 Å². The molecule has 2 aromatic carbocycles. The molecule has 0 heterocycles. The SMILES string of the molecule is COc1ccc(CNC(=O)C(=O)NCc2ccc(OC)cc2)cc1. The molecule has 0 spiro atoms. The van der Waals surface area contributed by atoms with Crippen LogP contribution in [0, 0.1) is 0 Å². The van der Waals surface area contributed by atoms with Crippen LogP contribution in [0.3, 0.4) is 0 Å². The number of carbonyl (C=O) groups is 2. The van der Waals surface area contributed by atoms with Crippen molar-refractivity contribution in [3.8, 4) is 11.5 Å². The summed E-state index contributed by atoms with van der Waals surface area (Å²) in [7, 11) is 3.17. The lowest BCUT2D eigenvalue weighted by molar-refractivity contribution is -0.139. The van der Waals surface area contributed by atoms with E-state index in [1.807, 2.05) is 24.3 Å². The van der Waals surface area contributed by atoms with Gasteiger partial charge in [0.1, 0.15) is 11.5 Å². The van der Waals surface area contributed by atoms with E-state index >= 15 is 0 Å². The van der Waals surface area contributed by atoms with Gasteiger partial charge in [0.05, 0.1) is 14.2 Å². The Morgan fingerprint density at radius 2 is 1.04 bits per heavy atom. The predicted molar refractivity (Wildman–Crippen MR) is 89.7 cm³/mol. The minimum absolute atomic E-state index is 0.277. The van der Waals surface area contributed by atoms with Crippen molar-refractivity contribution in [1.82, 2.24) is 10.6 Å². The van der Waals surface area contributed by atoms with Crippen molar-refractivity contribution < 1.29 is 19.1 Å². The highest BCUT2D eigenvalue weighted by Crippen LogP contribution is 2.11. The Balaban J connectivity index is 1.77. The van der Waals surface area contributed by atoms with Crippen LogP contribution in [-0.4, -0.2) is 26.0 Å². The number of carbonyl (C=O) groups excluding carboxylic acids is 2. The van der Waals surface area contributed by atoms with Gasteiger partial charge in [-0.25, -0.2) is 0 Å². The van der Waals surface area contributed by atoms with E-state index in [2.05, 4.69) is 10.6 Å². The molecule has 0 unspecified atom stereocenters. The van der Waals surface area contributed by atoms with Gasteiger partial charge in [-0.2, -0.15) is 0 Å². The van der Waals surface area contributed by atoms with Crippen LogP contribution in [0.2, 0.25) is 0 Å². The average molecular weight is 328 g/mol. The first-order valence-electron chi connectivity index (χ1n) is 7.44. The lowest BCUT2D eigenvalue weighted by Crippen LogP contribution is -2.39. The highest BCUT2D eigenvalue weighted by atomic mass is 16.5. The van der Waals surface area contributed by atoms with Crippen LogP contribution >= 0.6 is 0 Å². The van der Waals surface area contributed by atoms with Crippen LogP contribution in [0.5, 0.6) is 11.5 Å². The molecule has 0 aliphatic rings. The average Bonchev–Trinajstić information content (AvgIpc) is 2.64. The van der Waals surface area contributed by atoms with Crippen LogP contribution in [0.15, 0.2) is 48.5 Å². The molecule has 2 N–H and O–H groups in total. The second-order valence-electron chi connectivity index (χ2n) is 5.06. The maximum absolute atomic E-state index is 11.8. The van der Waals surface area contributed by atoms with Gasteiger partial charge in [0.15, 0.2) is 0 Å². The molecule has 2 rings (SSSR count). The zero-order chi connectivity index (χ0) is 17.4. The molecule has 0 fully saturated rings. The van der Waals surface area contributed by atoms with Crippen molar-refractivity contribution in [1.29, 1.82) is 0 Å². The Labute approximate surface area is 140 Å². The summed E-state index contributed by atoms with van der Waals surface area (Å²) in [6, 6.07) is 14.5. The highest BCUT2D eigenvalue weighted by Gasteiger charge is 2.12. The molecular formula is C18H20N2O4. The fourth-order valence-corrected chi connectivity index (χ4v) is 2.01. The summed E-state index contributed by atoms with van der Waals surface area (Å²) >= 11 is 0. The summed E-state index contributed by atoms with van der Waals surface area (Å²) in [6.45, 7) is 0.553. The number of amides is 2. The zero-order valence-electron chi connectivity index (χ0n) is 13.7. The van der Waals surface area contributed by atoms with Gasteiger partial charge in [0.2, 0.25) is 0 Å². The maximum atomic E-state index is 11.8. The molecule has 24 heavy (non-hydrogen) atoms. The molecule has 0 aliphatic carbocycles. The van der Waals surface area contributed by atoms with Gasteiger partial charge in [-0.15, -0.1) is 0 Å². The quantitative estimate of drug-likeness (QED) is 0.790. The highest BCUT2D eigenvalue weighted by molar-refractivity contribution is 6.35. The molecule has 0 saturated carbocycles. The smallest absolute Gasteiger partial charge is 0.309 e. The second kappa shape index (κ2) is 8.57. The van der Waals surface area contributed by atoms with Crippen molar-refractivity contribution in [2.24, 2.45) is 0 Å². The standard InChI is InChI=1S/C18H20N2O4/c1-23-15-7-3-13(4-8-15)11-19-17(21)18(22)20-12-14-5-9-16(24-2)10-6-14/h3-10H,11-12H2,1-2H3,(H,19,21)(H,20,22). The molecular weight excluding hydrogens is 308 g/mol. The molecule has 0 saturated heterocycles. The van der Waals surface area contributed by atoms with Gasteiger partial charge in [-0.3, -0.25) is 9.59 Å². The van der Waals surface area contributed by atoms with Gasteiger partial charge in [-0.05, 0) is 35.4 Å². The summed E-state index contributed by atoms with van der Waals surface area (Å²) in [5.41, 5.74) is 1.76. The third-order valence-electron chi connectivity index (χ3n) is 3.43. The Bertz CT molecular complexity index is 620. The Morgan fingerprint density at radius 1 is 0.708 bits per heavy atom. The molecule has 2 amide bonds. The number of nitrogens with one attached hydrogen (secondary N) is 2. The first kappa shape index (κ1) is 17.3. The molecule has 0 atom stereocenters. The molecule has 2 aromatic rings. The van der Waals surface area contributed by atoms with E-state index < -0.39 is 11.8 Å². The van der Waals surface area contributed by atoms with Gasteiger partial charge in [0, 0.05) is 13.1 Å². The van der Waals surface area contributed by atoms with Crippen LogP contribution in [-0.2, 0) is 22.7 Å². The molecule has 0 radical (unpaired) electrons. The summed E-state index contributed by atoms with van der Waals surface area (Å²) in [4.78, 5) is 23.6.